The van der Waals surface area contributed by atoms with Crippen molar-refractivity contribution in [3.8, 4) is 11.8 Å². The second-order valence-corrected chi connectivity index (χ2v) is 5.12. The normalized spacial score (nSPS) is 10.2. The molecule has 0 aliphatic carbocycles. The molecule has 0 fully saturated rings. The first-order valence-electron chi connectivity index (χ1n) is 7.51. The van der Waals surface area contributed by atoms with Gasteiger partial charge in [-0.25, -0.2) is 9.18 Å². The van der Waals surface area contributed by atoms with Crippen LogP contribution in [0.15, 0.2) is 53.1 Å². The molecule has 0 aliphatic heterocycles. The average molecular weight is 353 g/mol. The molecule has 0 unspecified atom stereocenters. The number of nitrogens with zero attached hydrogens (tertiary/aromatic N) is 3. The van der Waals surface area contributed by atoms with E-state index in [0.717, 1.165) is 0 Å². The maximum atomic E-state index is 12.8. The largest absolute Gasteiger partial charge is 0.485 e. The van der Waals surface area contributed by atoms with Gasteiger partial charge in [0.1, 0.15) is 11.6 Å². The molecular formula is C18H12FN3O4. The van der Waals surface area contributed by atoms with Crippen molar-refractivity contribution in [2.24, 2.45) is 0 Å². The van der Waals surface area contributed by atoms with Gasteiger partial charge in [0.25, 0.3) is 5.89 Å². The van der Waals surface area contributed by atoms with E-state index in [9.17, 15) is 9.18 Å². The molecule has 26 heavy (non-hydrogen) atoms. The van der Waals surface area contributed by atoms with Crippen molar-refractivity contribution >= 4 is 5.97 Å². The first-order chi connectivity index (χ1) is 12.6. The summed E-state index contributed by atoms with van der Waals surface area (Å²) >= 11 is 0. The van der Waals surface area contributed by atoms with Crippen LogP contribution in [0.3, 0.4) is 0 Å². The third kappa shape index (κ3) is 4.42. The van der Waals surface area contributed by atoms with Gasteiger partial charge in [-0.05, 0) is 42.5 Å². The highest BCUT2D eigenvalue weighted by Crippen LogP contribution is 2.13. The molecule has 0 spiro atoms. The number of halogens is 1. The molecule has 0 radical (unpaired) electrons. The number of benzene rings is 2. The van der Waals surface area contributed by atoms with Gasteiger partial charge in [-0.3, -0.25) is 0 Å². The molecule has 3 aromatic rings. The summed E-state index contributed by atoms with van der Waals surface area (Å²) in [6.45, 7) is -0.188. The monoisotopic (exact) mass is 353 g/mol. The molecule has 8 heteroatoms. The number of aromatic nitrogens is 2. The van der Waals surface area contributed by atoms with E-state index in [1.54, 1.807) is 18.2 Å². The third-order valence-electron chi connectivity index (χ3n) is 3.25. The van der Waals surface area contributed by atoms with Gasteiger partial charge in [-0.2, -0.15) is 10.2 Å². The van der Waals surface area contributed by atoms with Crippen LogP contribution in [0.25, 0.3) is 0 Å². The molecule has 0 saturated heterocycles. The van der Waals surface area contributed by atoms with Crippen LogP contribution in [0.4, 0.5) is 4.39 Å². The number of carbonyl (C=O) groups is 1. The van der Waals surface area contributed by atoms with E-state index in [2.05, 4.69) is 10.1 Å². The lowest BCUT2D eigenvalue weighted by atomic mass is 10.1. The van der Waals surface area contributed by atoms with Gasteiger partial charge in [0.05, 0.1) is 17.2 Å². The van der Waals surface area contributed by atoms with Crippen LogP contribution in [0.5, 0.6) is 5.75 Å². The van der Waals surface area contributed by atoms with Crippen molar-refractivity contribution in [2.75, 3.05) is 0 Å². The molecular weight excluding hydrogens is 341 g/mol. The smallest absolute Gasteiger partial charge is 0.338 e. The molecule has 0 amide bonds. The second-order valence-electron chi connectivity index (χ2n) is 5.12. The molecule has 0 bridgehead atoms. The van der Waals surface area contributed by atoms with Gasteiger partial charge in [-0.15, -0.1) is 0 Å². The van der Waals surface area contributed by atoms with E-state index in [0.29, 0.717) is 11.3 Å². The predicted octanol–water partition coefficient (Wildman–Crippen LogP) is 3.02. The predicted molar refractivity (Wildman–Crippen MR) is 85.3 cm³/mol. The summed E-state index contributed by atoms with van der Waals surface area (Å²) in [5, 5.41) is 12.5. The summed E-state index contributed by atoms with van der Waals surface area (Å²) in [6, 6.07) is 13.6. The molecule has 3 rings (SSSR count). The SMILES string of the molecule is N#Cc1cccc(C(=O)OCc2nc(COc3ccc(F)cc3)no2)c1. The molecule has 2 aromatic carbocycles. The zero-order valence-electron chi connectivity index (χ0n) is 13.4. The van der Waals surface area contributed by atoms with Crippen LogP contribution in [0.1, 0.15) is 27.6 Å². The maximum absolute atomic E-state index is 12.8. The fourth-order valence-corrected chi connectivity index (χ4v) is 2.01. The van der Waals surface area contributed by atoms with Crippen molar-refractivity contribution < 1.29 is 23.2 Å². The van der Waals surface area contributed by atoms with E-state index < -0.39 is 5.97 Å². The Hall–Kier alpha value is -3.73. The van der Waals surface area contributed by atoms with Gasteiger partial charge < -0.3 is 14.0 Å². The van der Waals surface area contributed by atoms with Crippen LogP contribution < -0.4 is 4.74 Å². The summed E-state index contributed by atoms with van der Waals surface area (Å²) in [7, 11) is 0. The molecule has 0 saturated carbocycles. The summed E-state index contributed by atoms with van der Waals surface area (Å²) in [5.74, 6) is -0.147. The zero-order chi connectivity index (χ0) is 18.4. The van der Waals surface area contributed by atoms with E-state index in [-0.39, 0.29) is 36.3 Å². The fourth-order valence-electron chi connectivity index (χ4n) is 2.01. The van der Waals surface area contributed by atoms with E-state index in [1.807, 2.05) is 6.07 Å². The summed E-state index contributed by atoms with van der Waals surface area (Å²) in [6.07, 6.45) is 0. The van der Waals surface area contributed by atoms with Crippen molar-refractivity contribution in [1.29, 1.82) is 5.26 Å². The van der Waals surface area contributed by atoms with Gasteiger partial charge in [0.2, 0.25) is 5.82 Å². The Morgan fingerprint density at radius 3 is 2.77 bits per heavy atom. The fraction of sp³-hybridized carbons (Fsp3) is 0.111. The van der Waals surface area contributed by atoms with Gasteiger partial charge >= 0.3 is 5.97 Å². The van der Waals surface area contributed by atoms with Crippen LogP contribution >= 0.6 is 0 Å². The topological polar surface area (TPSA) is 98.2 Å². The zero-order valence-corrected chi connectivity index (χ0v) is 13.4. The number of rotatable bonds is 6. The quantitative estimate of drug-likeness (QED) is 0.628. The van der Waals surface area contributed by atoms with Crippen LogP contribution in [-0.2, 0) is 18.0 Å². The Morgan fingerprint density at radius 2 is 2.00 bits per heavy atom. The minimum absolute atomic E-state index is 0.0211. The van der Waals surface area contributed by atoms with E-state index >= 15 is 0 Å². The number of nitriles is 1. The molecule has 130 valence electrons. The Balaban J connectivity index is 1.52. The summed E-state index contributed by atoms with van der Waals surface area (Å²) < 4.78 is 28.3. The van der Waals surface area contributed by atoms with Crippen molar-refractivity contribution in [3.05, 3.63) is 77.2 Å². The average Bonchev–Trinajstić information content (AvgIpc) is 3.13. The summed E-state index contributed by atoms with van der Waals surface area (Å²) in [5.41, 5.74) is 0.612. The Bertz CT molecular complexity index is 948. The van der Waals surface area contributed by atoms with Gasteiger partial charge in [0.15, 0.2) is 13.2 Å². The van der Waals surface area contributed by atoms with E-state index in [1.165, 1.54) is 30.3 Å². The Morgan fingerprint density at radius 1 is 1.19 bits per heavy atom. The van der Waals surface area contributed by atoms with Crippen molar-refractivity contribution in [3.63, 3.8) is 0 Å². The van der Waals surface area contributed by atoms with Gasteiger partial charge in [0, 0.05) is 0 Å². The van der Waals surface area contributed by atoms with Crippen LogP contribution in [-0.4, -0.2) is 16.1 Å². The Kier molecular flexibility index (Phi) is 5.19. The van der Waals surface area contributed by atoms with Crippen molar-refractivity contribution in [1.82, 2.24) is 10.1 Å². The summed E-state index contributed by atoms with van der Waals surface area (Å²) in [4.78, 5) is 16.0. The molecule has 0 aliphatic rings. The lowest BCUT2D eigenvalue weighted by Gasteiger charge is -2.02. The lowest BCUT2D eigenvalue weighted by Crippen LogP contribution is -2.06. The number of hydrogen-bond acceptors (Lipinski definition) is 7. The number of carbonyl (C=O) groups excluding carboxylic acids is 1. The minimum atomic E-state index is -0.607. The van der Waals surface area contributed by atoms with E-state index in [4.69, 9.17) is 19.3 Å². The third-order valence-corrected chi connectivity index (χ3v) is 3.25. The lowest BCUT2D eigenvalue weighted by molar-refractivity contribution is 0.0429. The number of ether oxygens (including phenoxy) is 2. The van der Waals surface area contributed by atoms with Crippen molar-refractivity contribution in [2.45, 2.75) is 13.2 Å². The molecule has 1 heterocycles. The number of esters is 1. The highest BCUT2D eigenvalue weighted by molar-refractivity contribution is 5.89. The molecule has 7 nitrogen and oxygen atoms in total. The van der Waals surface area contributed by atoms with Crippen LogP contribution in [0.2, 0.25) is 0 Å². The maximum Gasteiger partial charge on any atom is 0.338 e. The molecule has 1 aromatic heterocycles. The first-order valence-corrected chi connectivity index (χ1v) is 7.51. The standard InChI is InChI=1S/C18H12FN3O4/c19-14-4-6-15(7-5-14)24-10-16-21-17(26-22-16)11-25-18(23)13-3-1-2-12(8-13)9-20/h1-8H,10-11H2. The highest BCUT2D eigenvalue weighted by Gasteiger charge is 2.12. The van der Waals surface area contributed by atoms with Gasteiger partial charge in [-0.1, -0.05) is 11.2 Å². The number of hydrogen-bond donors (Lipinski definition) is 0. The first kappa shape index (κ1) is 17.1. The second kappa shape index (κ2) is 7.90. The van der Waals surface area contributed by atoms with Crippen LogP contribution in [0, 0.1) is 17.1 Å². The Labute approximate surface area is 147 Å². The molecule has 0 atom stereocenters. The minimum Gasteiger partial charge on any atom is -0.485 e. The molecule has 0 N–H and O–H groups in total. The highest BCUT2D eigenvalue weighted by atomic mass is 19.1.